The van der Waals surface area contributed by atoms with Crippen LogP contribution in [0, 0.1) is 63.6 Å². The van der Waals surface area contributed by atoms with E-state index >= 15 is 0 Å². The van der Waals surface area contributed by atoms with Crippen LogP contribution in [0.5, 0.6) is 0 Å². The molecule has 1 aromatic carbocycles. The molecule has 7 rings (SSSR count). The summed E-state index contributed by atoms with van der Waals surface area (Å²) in [7, 11) is 0. The van der Waals surface area contributed by atoms with E-state index in [2.05, 4.69) is 75.4 Å². The molecule has 2 aromatic rings. The molecule has 0 aliphatic heterocycles. The number of nitrogens with one attached hydrogen (secondary N) is 1. The molecule has 262 valence electrons. The smallest absolute Gasteiger partial charge is 0.227 e. The zero-order chi connectivity index (χ0) is 34.4. The van der Waals surface area contributed by atoms with Gasteiger partial charge in [0.15, 0.2) is 0 Å². The molecule has 0 bridgehead atoms. The summed E-state index contributed by atoms with van der Waals surface area (Å²) >= 11 is 0. The van der Waals surface area contributed by atoms with Crippen LogP contribution in [-0.4, -0.2) is 55.0 Å². The Hall–Kier alpha value is -2.55. The number of amides is 1. The lowest BCUT2D eigenvalue weighted by Gasteiger charge is -2.71. The number of aliphatic hydroxyl groups is 3. The van der Waals surface area contributed by atoms with Crippen molar-refractivity contribution in [1.29, 1.82) is 0 Å². The van der Waals surface area contributed by atoms with Crippen molar-refractivity contribution < 1.29 is 20.1 Å². The maximum atomic E-state index is 14.6. The normalized spacial score (nSPS) is 45.2. The highest BCUT2D eigenvalue weighted by Gasteiger charge is 2.70. The number of nitrogens with zero attached hydrogens (tertiary/aromatic N) is 3. The number of carbonyl (C=O) groups excluding carboxylic acids is 1. The Morgan fingerprint density at radius 2 is 1.81 bits per heavy atom. The quantitative estimate of drug-likeness (QED) is 0.286. The average Bonchev–Trinajstić information content (AvgIpc) is 3.54. The number of allylic oxidation sites excluding steroid dienone is 2. The molecular formula is C40H58N4O4. The van der Waals surface area contributed by atoms with Crippen LogP contribution in [-0.2, 0) is 11.3 Å². The van der Waals surface area contributed by atoms with Crippen molar-refractivity contribution >= 4 is 5.91 Å². The topological polar surface area (TPSA) is 121 Å². The summed E-state index contributed by atoms with van der Waals surface area (Å²) in [5.41, 5.74) is 2.89. The Kier molecular flexibility index (Phi) is 8.12. The number of hydrogen-bond acceptors (Lipinski definition) is 6. The Balaban J connectivity index is 1.20. The second kappa shape index (κ2) is 11.5. The van der Waals surface area contributed by atoms with Crippen molar-refractivity contribution in [2.75, 3.05) is 6.61 Å². The third kappa shape index (κ3) is 4.60. The number of aliphatic hydroxyl groups excluding tert-OH is 3. The summed E-state index contributed by atoms with van der Waals surface area (Å²) in [4.78, 5) is 14.6. The summed E-state index contributed by atoms with van der Waals surface area (Å²) in [5, 5.41) is 45.0. The molecule has 1 aromatic heterocycles. The maximum Gasteiger partial charge on any atom is 0.227 e. The first-order chi connectivity index (χ1) is 22.6. The summed E-state index contributed by atoms with van der Waals surface area (Å²) in [6.07, 6.45) is 9.89. The van der Waals surface area contributed by atoms with Gasteiger partial charge < -0.3 is 20.6 Å². The van der Waals surface area contributed by atoms with E-state index in [4.69, 9.17) is 0 Å². The fraction of sp³-hybridized carbons (Fsp3) is 0.725. The summed E-state index contributed by atoms with van der Waals surface area (Å²) < 4.78 is 1.78. The lowest BCUT2D eigenvalue weighted by atomic mass is 9.33. The third-order valence-corrected chi connectivity index (χ3v) is 15.8. The number of aromatic nitrogens is 3. The molecule has 4 N–H and O–H groups in total. The number of fused-ring (bicyclic) bond motifs is 7. The van der Waals surface area contributed by atoms with Crippen molar-refractivity contribution in [2.24, 2.45) is 56.7 Å². The van der Waals surface area contributed by atoms with Gasteiger partial charge in [-0.2, -0.15) is 0 Å². The predicted octanol–water partition coefficient (Wildman–Crippen LogP) is 6.15. The number of benzene rings is 1. The van der Waals surface area contributed by atoms with E-state index in [1.54, 1.807) is 4.68 Å². The standard InChI is InChI=1S/C40H58N4O4/c1-24-9-8-10-28(19-24)44-22-27(42-43-44)21-41-35(48)40-16-13-25(2)26(3)33(40)29-11-12-32-36(4)20-30(46)34(47)37(5,23-45)31(36)14-15-39(32,7)38(29,6)17-18-40/h8-11,19,22,25-26,30-34,45-47H,12-18,20-21,23H2,1-7H3,(H,41,48)/t25-,26+,30-,31-,32-,33+,34+,36+,37+,38-,39-,40+/m1/s1. The molecule has 0 unspecified atom stereocenters. The SMILES string of the molecule is Cc1cccc(-n2cc(CNC(=O)[C@]34CC[C@@H](C)[C@H](C)[C@H]3C3=CC[C@@H]5[C@@]6(C)C[C@@H](O)[C@H](O)[C@@](C)(CO)[C@@H]6CC[C@@]5(C)[C@]3(C)CC4)nn2)c1. The second-order valence-corrected chi connectivity index (χ2v) is 17.9. The molecule has 12 atom stereocenters. The van der Waals surface area contributed by atoms with Gasteiger partial charge in [0.2, 0.25) is 5.91 Å². The van der Waals surface area contributed by atoms with Gasteiger partial charge in [-0.25, -0.2) is 4.68 Å². The van der Waals surface area contributed by atoms with Crippen molar-refractivity contribution in [3.05, 3.63) is 53.4 Å². The minimum atomic E-state index is -0.916. The molecule has 5 aliphatic rings. The highest BCUT2D eigenvalue weighted by molar-refractivity contribution is 5.84. The fourth-order valence-corrected chi connectivity index (χ4v) is 12.6. The van der Waals surface area contributed by atoms with Crippen LogP contribution in [0.4, 0.5) is 0 Å². The molecule has 8 nitrogen and oxygen atoms in total. The zero-order valence-corrected chi connectivity index (χ0v) is 30.2. The van der Waals surface area contributed by atoms with E-state index in [9.17, 15) is 20.1 Å². The number of hydrogen-bond donors (Lipinski definition) is 4. The van der Waals surface area contributed by atoms with Gasteiger partial charge in [-0.1, -0.05) is 70.5 Å². The van der Waals surface area contributed by atoms with E-state index in [1.165, 1.54) is 5.57 Å². The van der Waals surface area contributed by atoms with Gasteiger partial charge in [0.25, 0.3) is 0 Å². The highest BCUT2D eigenvalue weighted by atomic mass is 16.3. The Labute approximate surface area is 286 Å². The van der Waals surface area contributed by atoms with Gasteiger partial charge in [0.05, 0.1) is 42.7 Å². The second-order valence-electron chi connectivity index (χ2n) is 17.9. The Morgan fingerprint density at radius 1 is 1.04 bits per heavy atom. The molecule has 0 saturated heterocycles. The van der Waals surface area contributed by atoms with E-state index in [0.29, 0.717) is 30.7 Å². The third-order valence-electron chi connectivity index (χ3n) is 15.8. The molecular weight excluding hydrogens is 600 g/mol. The van der Waals surface area contributed by atoms with E-state index in [-0.39, 0.29) is 40.6 Å². The minimum Gasteiger partial charge on any atom is -0.396 e. The van der Waals surface area contributed by atoms with Crippen LogP contribution >= 0.6 is 0 Å². The lowest BCUT2D eigenvalue weighted by molar-refractivity contribution is -0.243. The predicted molar refractivity (Wildman–Crippen MR) is 186 cm³/mol. The van der Waals surface area contributed by atoms with Crippen LogP contribution in [0.2, 0.25) is 0 Å². The van der Waals surface area contributed by atoms with Crippen LogP contribution in [0.1, 0.15) is 104 Å². The Morgan fingerprint density at radius 3 is 2.54 bits per heavy atom. The maximum absolute atomic E-state index is 14.6. The van der Waals surface area contributed by atoms with Gasteiger partial charge in [0.1, 0.15) is 5.69 Å². The first-order valence-corrected chi connectivity index (χ1v) is 18.6. The van der Waals surface area contributed by atoms with Crippen molar-refractivity contribution in [1.82, 2.24) is 20.3 Å². The van der Waals surface area contributed by atoms with Crippen molar-refractivity contribution in [2.45, 2.75) is 119 Å². The molecule has 1 heterocycles. The number of carbonyl (C=O) groups is 1. The summed E-state index contributed by atoms with van der Waals surface area (Å²) in [6.45, 7) is 16.4. The van der Waals surface area contributed by atoms with Gasteiger partial charge in [-0.3, -0.25) is 4.79 Å². The van der Waals surface area contributed by atoms with Gasteiger partial charge in [-0.05, 0) is 122 Å². The highest BCUT2D eigenvalue weighted by Crippen LogP contribution is 2.75. The fourth-order valence-electron chi connectivity index (χ4n) is 12.6. The molecule has 0 spiro atoms. The van der Waals surface area contributed by atoms with Gasteiger partial charge in [0, 0.05) is 5.41 Å². The molecule has 0 radical (unpaired) electrons. The van der Waals surface area contributed by atoms with E-state index in [1.807, 2.05) is 25.3 Å². The lowest BCUT2D eigenvalue weighted by Crippen LogP contribution is -2.68. The van der Waals surface area contributed by atoms with Crippen molar-refractivity contribution in [3.63, 3.8) is 0 Å². The number of aryl methyl sites for hydroxylation is 1. The number of rotatable bonds is 5. The van der Waals surface area contributed by atoms with Crippen LogP contribution in [0.3, 0.4) is 0 Å². The van der Waals surface area contributed by atoms with Gasteiger partial charge in [-0.15, -0.1) is 5.10 Å². The molecule has 4 fully saturated rings. The first kappa shape index (κ1) is 33.9. The summed E-state index contributed by atoms with van der Waals surface area (Å²) in [5.74, 6) is 1.70. The summed E-state index contributed by atoms with van der Waals surface area (Å²) in [6, 6.07) is 8.16. The van der Waals surface area contributed by atoms with Crippen LogP contribution in [0.25, 0.3) is 5.69 Å². The largest absolute Gasteiger partial charge is 0.396 e. The van der Waals surface area contributed by atoms with E-state index < -0.39 is 23.0 Å². The molecule has 5 aliphatic carbocycles. The minimum absolute atomic E-state index is 0.0158. The molecule has 1 amide bonds. The molecule has 4 saturated carbocycles. The monoisotopic (exact) mass is 658 g/mol. The van der Waals surface area contributed by atoms with E-state index in [0.717, 1.165) is 61.9 Å². The van der Waals surface area contributed by atoms with Crippen LogP contribution < -0.4 is 5.32 Å². The zero-order valence-electron chi connectivity index (χ0n) is 30.2. The van der Waals surface area contributed by atoms with Crippen molar-refractivity contribution in [3.8, 4) is 5.69 Å². The molecule has 48 heavy (non-hydrogen) atoms. The Bertz CT molecular complexity index is 1600. The molecule has 8 heteroatoms. The van der Waals surface area contributed by atoms with Gasteiger partial charge >= 0.3 is 0 Å². The van der Waals surface area contributed by atoms with Crippen LogP contribution in [0.15, 0.2) is 42.1 Å². The average molecular weight is 659 g/mol. The first-order valence-electron chi connectivity index (χ1n) is 18.6.